The molecule has 1 saturated heterocycles. The first kappa shape index (κ1) is 22.7. The Kier molecular flexibility index (Phi) is 5.34. The highest BCUT2D eigenvalue weighted by molar-refractivity contribution is 7.90. The molecule has 36 heavy (non-hydrogen) atoms. The van der Waals surface area contributed by atoms with Crippen molar-refractivity contribution in [2.24, 2.45) is 0 Å². The average Bonchev–Trinajstić information content (AvgIpc) is 3.36. The Morgan fingerprint density at radius 2 is 1.97 bits per heavy atom. The predicted octanol–water partition coefficient (Wildman–Crippen LogP) is 0.911. The van der Waals surface area contributed by atoms with Crippen molar-refractivity contribution in [3.05, 3.63) is 54.1 Å². The zero-order valence-electron chi connectivity index (χ0n) is 19.5. The summed E-state index contributed by atoms with van der Waals surface area (Å²) >= 11 is 0. The number of likely N-dealkylation sites (tertiary alicyclic amines) is 1. The topological polar surface area (TPSA) is 149 Å². The summed E-state index contributed by atoms with van der Waals surface area (Å²) < 4.78 is 27.8. The van der Waals surface area contributed by atoms with Crippen LogP contribution in [-0.4, -0.2) is 76.9 Å². The molecule has 12 nitrogen and oxygen atoms in total. The summed E-state index contributed by atoms with van der Waals surface area (Å²) in [7, 11) is -1.69. The molecule has 1 unspecified atom stereocenters. The summed E-state index contributed by atoms with van der Waals surface area (Å²) in [5, 5.41) is 13.5. The molecule has 1 amide bonds. The molecule has 1 aliphatic carbocycles. The lowest BCUT2D eigenvalue weighted by Crippen LogP contribution is -2.20. The van der Waals surface area contributed by atoms with Gasteiger partial charge in [0.05, 0.1) is 46.7 Å². The molecule has 4 aromatic rings. The maximum atomic E-state index is 12.4. The number of hydrogen-bond donors (Lipinski definition) is 1. The average molecular weight is 509 g/mol. The Balaban J connectivity index is 1.29. The SMILES string of the molecule is CN1CC(n2c(CO)nc3cnc(Cc4ccnc(-c5cnn(S(=O)(=O)C6CC6)c5)n4)cc32)CC1=O. The first-order valence-corrected chi connectivity index (χ1v) is 13.2. The number of aliphatic hydroxyl groups is 1. The van der Waals surface area contributed by atoms with Crippen molar-refractivity contribution in [2.45, 2.75) is 43.6 Å². The van der Waals surface area contributed by atoms with Gasteiger partial charge in [-0.2, -0.15) is 9.19 Å². The van der Waals surface area contributed by atoms with Gasteiger partial charge in [0.15, 0.2) is 5.82 Å². The van der Waals surface area contributed by atoms with Gasteiger partial charge >= 0.3 is 0 Å². The first-order chi connectivity index (χ1) is 17.3. The number of likely N-dealkylation sites (N-methyl/N-ethyl adjacent to an activating group) is 1. The van der Waals surface area contributed by atoms with E-state index < -0.39 is 10.0 Å². The number of hydrogen-bond acceptors (Lipinski definition) is 9. The number of pyridine rings is 1. The van der Waals surface area contributed by atoms with Crippen LogP contribution >= 0.6 is 0 Å². The number of rotatable bonds is 7. The fraction of sp³-hybridized carbons (Fsp3) is 0.391. The molecule has 1 aliphatic heterocycles. The van der Waals surface area contributed by atoms with Crippen molar-refractivity contribution in [2.75, 3.05) is 13.6 Å². The summed E-state index contributed by atoms with van der Waals surface area (Å²) in [4.78, 5) is 31.7. The van der Waals surface area contributed by atoms with E-state index in [1.54, 1.807) is 30.4 Å². The normalized spacial score (nSPS) is 18.4. The van der Waals surface area contributed by atoms with E-state index in [2.05, 4.69) is 25.0 Å². The van der Waals surface area contributed by atoms with Crippen molar-refractivity contribution in [1.29, 1.82) is 0 Å². The van der Waals surface area contributed by atoms with Crippen LogP contribution in [0.1, 0.15) is 42.5 Å². The van der Waals surface area contributed by atoms with E-state index in [1.165, 1.54) is 12.4 Å². The van der Waals surface area contributed by atoms with Crippen LogP contribution in [0, 0.1) is 0 Å². The molecular weight excluding hydrogens is 484 g/mol. The van der Waals surface area contributed by atoms with Crippen molar-refractivity contribution in [1.82, 2.24) is 38.6 Å². The Morgan fingerprint density at radius 3 is 2.69 bits per heavy atom. The molecule has 0 bridgehead atoms. The Bertz CT molecular complexity index is 1590. The zero-order chi connectivity index (χ0) is 25.0. The third-order valence-electron chi connectivity index (χ3n) is 6.63. The van der Waals surface area contributed by atoms with Crippen LogP contribution in [0.15, 0.2) is 36.9 Å². The molecule has 13 heteroatoms. The Hall–Kier alpha value is -3.71. The second-order valence-electron chi connectivity index (χ2n) is 9.25. The number of fused-ring (bicyclic) bond motifs is 1. The minimum absolute atomic E-state index is 0.0572. The van der Waals surface area contributed by atoms with Gasteiger partial charge in [-0.3, -0.25) is 9.78 Å². The van der Waals surface area contributed by atoms with Gasteiger partial charge in [0, 0.05) is 38.3 Å². The number of imidazole rings is 1. The van der Waals surface area contributed by atoms with Crippen molar-refractivity contribution in [3.8, 4) is 11.4 Å². The Labute approximate surface area is 206 Å². The molecule has 0 spiro atoms. The van der Waals surface area contributed by atoms with Crippen LogP contribution in [-0.2, 0) is 27.8 Å². The monoisotopic (exact) mass is 508 g/mol. The molecule has 1 atom stereocenters. The highest BCUT2D eigenvalue weighted by Crippen LogP contribution is 2.31. The van der Waals surface area contributed by atoms with Crippen LogP contribution in [0.2, 0.25) is 0 Å². The van der Waals surface area contributed by atoms with E-state index >= 15 is 0 Å². The van der Waals surface area contributed by atoms with Gasteiger partial charge in [-0.05, 0) is 25.0 Å². The zero-order valence-corrected chi connectivity index (χ0v) is 20.3. The molecule has 0 aromatic carbocycles. The van der Waals surface area contributed by atoms with Crippen LogP contribution < -0.4 is 0 Å². The van der Waals surface area contributed by atoms with E-state index in [1.807, 2.05) is 10.6 Å². The Morgan fingerprint density at radius 1 is 1.14 bits per heavy atom. The maximum Gasteiger partial charge on any atom is 0.256 e. The van der Waals surface area contributed by atoms with Crippen molar-refractivity contribution >= 4 is 27.0 Å². The lowest BCUT2D eigenvalue weighted by atomic mass is 10.2. The molecule has 4 aromatic heterocycles. The van der Waals surface area contributed by atoms with Gasteiger partial charge in [0.25, 0.3) is 10.0 Å². The van der Waals surface area contributed by atoms with Crippen LogP contribution in [0.4, 0.5) is 0 Å². The predicted molar refractivity (Wildman–Crippen MR) is 128 cm³/mol. The number of aliphatic hydroxyl groups excluding tert-OH is 1. The maximum absolute atomic E-state index is 12.4. The quantitative estimate of drug-likeness (QED) is 0.384. The van der Waals surface area contributed by atoms with E-state index in [-0.39, 0.29) is 23.8 Å². The van der Waals surface area contributed by atoms with Crippen molar-refractivity contribution in [3.63, 3.8) is 0 Å². The minimum Gasteiger partial charge on any atom is -0.388 e. The van der Waals surface area contributed by atoms with E-state index in [0.717, 1.165) is 15.3 Å². The fourth-order valence-corrected chi connectivity index (χ4v) is 6.09. The summed E-state index contributed by atoms with van der Waals surface area (Å²) in [5.74, 6) is 0.937. The molecular formula is C23H24N8O4S. The van der Waals surface area contributed by atoms with Gasteiger partial charge in [-0.1, -0.05) is 0 Å². The molecule has 0 radical (unpaired) electrons. The highest BCUT2D eigenvalue weighted by atomic mass is 32.2. The standard InChI is InChI=1S/C23H24N8O4S/c1-29-12-17(8-22(29)33)31-20-7-16(25-10-19(20)28-21(31)13-32)6-15-4-5-24-23(27-15)14-9-26-30(11-14)36(34,35)18-2-3-18/h4-5,7,9-11,17-18,32H,2-3,6,8,12-13H2,1H3. The number of aromatic nitrogens is 7. The number of amides is 1. The third-order valence-corrected chi connectivity index (χ3v) is 8.67. The van der Waals surface area contributed by atoms with Gasteiger partial charge in [0.1, 0.15) is 17.9 Å². The van der Waals surface area contributed by atoms with E-state index in [0.29, 0.717) is 60.7 Å². The molecule has 2 aliphatic rings. The second kappa shape index (κ2) is 8.45. The molecule has 186 valence electrons. The van der Waals surface area contributed by atoms with Gasteiger partial charge < -0.3 is 14.6 Å². The number of carbonyl (C=O) groups is 1. The van der Waals surface area contributed by atoms with Crippen LogP contribution in [0.5, 0.6) is 0 Å². The minimum atomic E-state index is -3.46. The summed E-state index contributed by atoms with van der Waals surface area (Å²) in [6.07, 6.45) is 8.27. The molecule has 1 saturated carbocycles. The largest absolute Gasteiger partial charge is 0.388 e. The summed E-state index contributed by atoms with van der Waals surface area (Å²) in [5.41, 5.74) is 3.41. The van der Waals surface area contributed by atoms with Crippen LogP contribution in [0.25, 0.3) is 22.4 Å². The first-order valence-electron chi connectivity index (χ1n) is 11.7. The van der Waals surface area contributed by atoms with Gasteiger partial charge in [-0.25, -0.2) is 23.4 Å². The van der Waals surface area contributed by atoms with Gasteiger partial charge in [0.2, 0.25) is 5.91 Å². The van der Waals surface area contributed by atoms with E-state index in [9.17, 15) is 18.3 Å². The molecule has 1 N–H and O–H groups in total. The summed E-state index contributed by atoms with van der Waals surface area (Å²) in [6.45, 7) is 0.312. The lowest BCUT2D eigenvalue weighted by molar-refractivity contribution is -0.126. The molecule has 6 rings (SSSR count). The van der Waals surface area contributed by atoms with E-state index in [4.69, 9.17) is 0 Å². The second-order valence-corrected chi connectivity index (χ2v) is 11.3. The third kappa shape index (κ3) is 3.93. The molecule has 5 heterocycles. The number of nitrogens with zero attached hydrogens (tertiary/aromatic N) is 8. The number of carbonyl (C=O) groups excluding carboxylic acids is 1. The lowest BCUT2D eigenvalue weighted by Gasteiger charge is -2.15. The van der Waals surface area contributed by atoms with Crippen molar-refractivity contribution < 1.29 is 18.3 Å². The highest BCUT2D eigenvalue weighted by Gasteiger charge is 2.37. The smallest absolute Gasteiger partial charge is 0.256 e. The van der Waals surface area contributed by atoms with Gasteiger partial charge in [-0.15, -0.1) is 0 Å². The summed E-state index contributed by atoms with van der Waals surface area (Å²) in [6, 6.07) is 3.58. The fourth-order valence-electron chi connectivity index (χ4n) is 4.62. The van der Waals surface area contributed by atoms with Crippen LogP contribution in [0.3, 0.4) is 0 Å². The molecule has 2 fully saturated rings.